The molecule has 3 unspecified atom stereocenters. The molecule has 2 aliphatic rings. The van der Waals surface area contributed by atoms with Crippen molar-refractivity contribution in [3.63, 3.8) is 0 Å². The first-order valence-electron chi connectivity index (χ1n) is 15.3. The predicted molar refractivity (Wildman–Crippen MR) is 168 cm³/mol. The summed E-state index contributed by atoms with van der Waals surface area (Å²) in [6, 6.07) is 9.97. The third kappa shape index (κ3) is 5.80. The van der Waals surface area contributed by atoms with Gasteiger partial charge in [0.15, 0.2) is 11.6 Å². The average Bonchev–Trinajstić information content (AvgIpc) is 3.64. The summed E-state index contributed by atoms with van der Waals surface area (Å²) in [5.74, 6) is 0.832. The van der Waals surface area contributed by atoms with Crippen molar-refractivity contribution >= 4 is 22.8 Å². The van der Waals surface area contributed by atoms with Crippen LogP contribution in [-0.2, 0) is 6.42 Å². The number of amides is 1. The number of H-pyrrole nitrogens is 2. The van der Waals surface area contributed by atoms with Crippen molar-refractivity contribution in [3.8, 4) is 11.5 Å². The average molecular weight is 602 g/mol. The van der Waals surface area contributed by atoms with Crippen LogP contribution in [0.25, 0.3) is 11.0 Å². The number of imidazole rings is 1. The summed E-state index contributed by atoms with van der Waals surface area (Å²) in [5.41, 5.74) is 9.51. The Kier molecular flexibility index (Phi) is 7.91. The van der Waals surface area contributed by atoms with Gasteiger partial charge in [-0.25, -0.2) is 19.2 Å². The molecule has 2 fully saturated rings. The van der Waals surface area contributed by atoms with Gasteiger partial charge >= 0.3 is 5.69 Å². The highest BCUT2D eigenvalue weighted by molar-refractivity contribution is 5.97. The summed E-state index contributed by atoms with van der Waals surface area (Å²) in [6.07, 6.45) is 6.81. The highest BCUT2D eigenvalue weighted by atomic mass is 19.1. The molecule has 0 bridgehead atoms. The highest BCUT2D eigenvalue weighted by Crippen LogP contribution is 2.50. The quantitative estimate of drug-likeness (QED) is 0.259. The number of benzene rings is 2. The molecular weight excluding hydrogens is 561 g/mol. The lowest BCUT2D eigenvalue weighted by atomic mass is 9.83. The van der Waals surface area contributed by atoms with Crippen molar-refractivity contribution in [2.45, 2.75) is 71.5 Å². The van der Waals surface area contributed by atoms with Crippen molar-refractivity contribution in [1.29, 1.82) is 0 Å². The van der Waals surface area contributed by atoms with Crippen LogP contribution in [0.4, 0.5) is 10.2 Å². The van der Waals surface area contributed by atoms with E-state index in [2.05, 4.69) is 30.9 Å². The molecule has 4 aromatic rings. The van der Waals surface area contributed by atoms with Gasteiger partial charge in [-0.2, -0.15) is 0 Å². The number of carbonyl (C=O) groups is 1. The van der Waals surface area contributed by atoms with E-state index in [1.165, 1.54) is 24.5 Å². The van der Waals surface area contributed by atoms with Gasteiger partial charge in [0.1, 0.15) is 17.9 Å². The molecule has 1 amide bonds. The number of fused-ring (bicyclic) bond motifs is 1. The van der Waals surface area contributed by atoms with Crippen LogP contribution in [0, 0.1) is 17.2 Å². The summed E-state index contributed by atoms with van der Waals surface area (Å²) in [5, 5.41) is 0. The largest absolute Gasteiger partial charge is 0.451 e. The minimum absolute atomic E-state index is 0.0465. The molecule has 10 nitrogen and oxygen atoms in total. The van der Waals surface area contributed by atoms with Gasteiger partial charge < -0.3 is 30.2 Å². The maximum atomic E-state index is 14.4. The maximum absolute atomic E-state index is 14.4. The number of aromatic nitrogens is 4. The van der Waals surface area contributed by atoms with Crippen molar-refractivity contribution < 1.29 is 13.9 Å². The normalized spacial score (nSPS) is 21.7. The predicted octanol–water partition coefficient (Wildman–Crippen LogP) is 5.01. The Morgan fingerprint density at radius 1 is 1.11 bits per heavy atom. The number of ether oxygens (including phenoxy) is 1. The van der Waals surface area contributed by atoms with E-state index >= 15 is 0 Å². The number of hydrogen-bond donors (Lipinski definition) is 3. The van der Waals surface area contributed by atoms with E-state index in [4.69, 9.17) is 10.5 Å². The van der Waals surface area contributed by atoms with Crippen molar-refractivity contribution in [1.82, 2.24) is 24.8 Å². The fraction of sp³-hybridized carbons (Fsp3) is 0.455. The van der Waals surface area contributed by atoms with Crippen LogP contribution in [-0.4, -0.2) is 62.0 Å². The van der Waals surface area contributed by atoms with Crippen molar-refractivity contribution in [2.75, 3.05) is 18.0 Å². The van der Waals surface area contributed by atoms with Gasteiger partial charge in [-0.1, -0.05) is 6.07 Å². The summed E-state index contributed by atoms with van der Waals surface area (Å²) in [7, 11) is 0. The summed E-state index contributed by atoms with van der Waals surface area (Å²) < 4.78 is 20.7. The number of rotatable bonds is 8. The summed E-state index contributed by atoms with van der Waals surface area (Å²) in [4.78, 5) is 43.6. The fourth-order valence-electron chi connectivity index (χ4n) is 7.34. The van der Waals surface area contributed by atoms with Gasteiger partial charge in [0.2, 0.25) is 0 Å². The van der Waals surface area contributed by atoms with Crippen LogP contribution < -0.4 is 21.1 Å². The van der Waals surface area contributed by atoms with Crippen molar-refractivity contribution in [3.05, 3.63) is 76.4 Å². The van der Waals surface area contributed by atoms with Gasteiger partial charge in [0, 0.05) is 31.2 Å². The zero-order valence-electron chi connectivity index (χ0n) is 25.6. The molecule has 1 aliphatic heterocycles. The van der Waals surface area contributed by atoms with E-state index in [1.807, 2.05) is 39.8 Å². The molecule has 2 aromatic carbocycles. The minimum Gasteiger partial charge on any atom is -0.451 e. The minimum atomic E-state index is -0.507. The van der Waals surface area contributed by atoms with Crippen LogP contribution in [0.15, 0.2) is 53.7 Å². The van der Waals surface area contributed by atoms with Crippen LogP contribution in [0.1, 0.15) is 62.9 Å². The molecule has 6 rings (SSSR count). The Hall–Kier alpha value is -4.25. The molecule has 11 heteroatoms. The molecular formula is C33H40FN7O3. The van der Waals surface area contributed by atoms with E-state index in [1.54, 1.807) is 11.1 Å². The molecule has 44 heavy (non-hydrogen) atoms. The monoisotopic (exact) mass is 601 g/mol. The van der Waals surface area contributed by atoms with Gasteiger partial charge in [-0.05, 0) is 101 Å². The second kappa shape index (κ2) is 11.7. The van der Waals surface area contributed by atoms with E-state index in [-0.39, 0.29) is 46.5 Å². The number of carbonyl (C=O) groups excluding carboxylic acids is 1. The number of nitrogens with one attached hydrogen (secondary N) is 2. The Morgan fingerprint density at radius 3 is 2.66 bits per heavy atom. The molecule has 1 saturated carbocycles. The third-order valence-corrected chi connectivity index (χ3v) is 9.18. The number of hydrogen-bond acceptors (Lipinski definition) is 7. The number of halogens is 1. The fourth-order valence-corrected chi connectivity index (χ4v) is 7.34. The molecule has 1 spiro atoms. The summed E-state index contributed by atoms with van der Waals surface area (Å²) in [6.45, 7) is 9.31. The van der Waals surface area contributed by atoms with Gasteiger partial charge in [-0.3, -0.25) is 4.79 Å². The zero-order chi connectivity index (χ0) is 31.2. The van der Waals surface area contributed by atoms with Crippen LogP contribution in [0.5, 0.6) is 11.5 Å². The van der Waals surface area contributed by atoms with E-state index in [0.29, 0.717) is 17.5 Å². The first-order chi connectivity index (χ1) is 21.0. The Balaban J connectivity index is 1.20. The second-order valence-corrected chi connectivity index (χ2v) is 13.0. The smallest absolute Gasteiger partial charge is 0.323 e. The van der Waals surface area contributed by atoms with Gasteiger partial charge in [0.05, 0.1) is 22.8 Å². The molecule has 3 heterocycles. The lowest BCUT2D eigenvalue weighted by Crippen LogP contribution is -2.42. The summed E-state index contributed by atoms with van der Waals surface area (Å²) >= 11 is 0. The second-order valence-electron chi connectivity index (χ2n) is 13.0. The van der Waals surface area contributed by atoms with Crippen molar-refractivity contribution in [2.24, 2.45) is 17.1 Å². The maximum Gasteiger partial charge on any atom is 0.323 e. The Labute approximate surface area is 255 Å². The van der Waals surface area contributed by atoms with Crippen LogP contribution in [0.2, 0.25) is 0 Å². The Morgan fingerprint density at radius 2 is 1.89 bits per heavy atom. The molecule has 4 N–H and O–H groups in total. The standard InChI is InChI=1S/C33H40FN7O3/c1-19(2)41(20(3)4)31(42)24-13-23(34)6-8-28(24)44-29-16-36-18-37-30(29)40-10-9-33(17-40)14-22(25(35)15-33)11-21-5-7-26-27(12-21)39-32(43)38-26/h5-8,12-13,16,18-20,22,25H,9-11,14-15,17,35H2,1-4H3,(H2,38,39,43). The SMILES string of the molecule is CC(C)N(C(=O)c1cc(F)ccc1Oc1cncnc1N1CCC2(CC(N)C(Cc3ccc4[nH]c(=O)[nH]c4c3)C2)C1)C(C)C. The first kappa shape index (κ1) is 29.8. The van der Waals surface area contributed by atoms with Crippen LogP contribution in [0.3, 0.4) is 0 Å². The van der Waals surface area contributed by atoms with Crippen LogP contribution >= 0.6 is 0 Å². The lowest BCUT2D eigenvalue weighted by Gasteiger charge is -2.31. The molecule has 2 aromatic heterocycles. The van der Waals surface area contributed by atoms with Gasteiger partial charge in [0.25, 0.3) is 5.91 Å². The molecule has 1 aliphatic carbocycles. The molecule has 3 atom stereocenters. The lowest BCUT2D eigenvalue weighted by molar-refractivity contribution is 0.0640. The Bertz CT molecular complexity index is 1730. The molecule has 232 valence electrons. The topological polar surface area (TPSA) is 133 Å². The zero-order valence-corrected chi connectivity index (χ0v) is 25.6. The number of aromatic amines is 2. The van der Waals surface area contributed by atoms with Gasteiger partial charge in [-0.15, -0.1) is 0 Å². The van der Waals surface area contributed by atoms with E-state index in [9.17, 15) is 14.0 Å². The van der Waals surface area contributed by atoms with E-state index < -0.39 is 5.82 Å². The number of nitrogens with two attached hydrogens (primary N) is 1. The molecule has 1 saturated heterocycles. The first-order valence-corrected chi connectivity index (χ1v) is 15.3. The highest BCUT2D eigenvalue weighted by Gasteiger charge is 2.48. The number of anilines is 1. The third-order valence-electron chi connectivity index (χ3n) is 9.18. The van der Waals surface area contributed by atoms with E-state index in [0.717, 1.165) is 55.4 Å². The number of nitrogens with zero attached hydrogens (tertiary/aromatic N) is 4. The molecule has 0 radical (unpaired) electrons.